The van der Waals surface area contributed by atoms with E-state index >= 15 is 0 Å². The fourth-order valence-corrected chi connectivity index (χ4v) is 1.13. The van der Waals surface area contributed by atoms with Gasteiger partial charge in [-0.3, -0.25) is 0 Å². The summed E-state index contributed by atoms with van der Waals surface area (Å²) in [6.07, 6.45) is 0.0948. The second-order valence-corrected chi connectivity index (χ2v) is 3.74. The van der Waals surface area contributed by atoms with Gasteiger partial charge in [0.2, 0.25) is 0 Å². The number of rotatable bonds is 5. The summed E-state index contributed by atoms with van der Waals surface area (Å²) in [5, 5.41) is 11.5. The van der Waals surface area contributed by atoms with Crippen molar-refractivity contribution < 1.29 is 14.7 Å². The summed E-state index contributed by atoms with van der Waals surface area (Å²) in [5.74, 6) is 1.35. The first kappa shape index (κ1) is 12.4. The Morgan fingerprint density at radius 3 is 2.50 bits per heavy atom. The molecule has 0 saturated carbocycles. The van der Waals surface area contributed by atoms with E-state index in [0.29, 0.717) is 17.2 Å². The highest BCUT2D eigenvalue weighted by atomic mass is 16.5. The maximum absolute atomic E-state index is 8.50. The average molecular weight is 223 g/mol. The van der Waals surface area contributed by atoms with Crippen molar-refractivity contribution in [3.8, 4) is 11.5 Å². The molecule has 16 heavy (non-hydrogen) atoms. The predicted molar refractivity (Wildman–Crippen MR) is 62.6 cm³/mol. The van der Waals surface area contributed by atoms with E-state index in [9.17, 15) is 0 Å². The van der Waals surface area contributed by atoms with Gasteiger partial charge in [0.05, 0.1) is 11.8 Å². The van der Waals surface area contributed by atoms with E-state index in [1.807, 2.05) is 38.1 Å². The number of para-hydroxylation sites is 2. The Labute approximate surface area is 95.5 Å². The zero-order chi connectivity index (χ0) is 12.0. The normalized spacial score (nSPS) is 11.6. The van der Waals surface area contributed by atoms with Gasteiger partial charge in [0.15, 0.2) is 11.5 Å². The van der Waals surface area contributed by atoms with Crippen LogP contribution in [0, 0.1) is 0 Å². The molecule has 0 aromatic heterocycles. The van der Waals surface area contributed by atoms with E-state index in [0.717, 1.165) is 0 Å². The maximum atomic E-state index is 8.50. The van der Waals surface area contributed by atoms with Crippen LogP contribution in [0.25, 0.3) is 0 Å². The lowest BCUT2D eigenvalue weighted by Crippen LogP contribution is -2.10. The van der Waals surface area contributed by atoms with Crippen molar-refractivity contribution in [1.29, 1.82) is 0 Å². The molecule has 0 spiro atoms. The van der Waals surface area contributed by atoms with Crippen LogP contribution in [0.3, 0.4) is 0 Å². The van der Waals surface area contributed by atoms with Crippen LogP contribution in [-0.4, -0.2) is 23.6 Å². The third-order valence-corrected chi connectivity index (χ3v) is 1.82. The Bertz CT molecular complexity index is 361. The lowest BCUT2D eigenvalue weighted by atomic mass is 10.3. The van der Waals surface area contributed by atoms with Crippen molar-refractivity contribution in [3.63, 3.8) is 0 Å². The molecule has 0 atom stereocenters. The number of nitrogens with zero attached hydrogens (tertiary/aromatic N) is 1. The zero-order valence-electron chi connectivity index (χ0n) is 9.80. The highest BCUT2D eigenvalue weighted by Gasteiger charge is 2.06. The standard InChI is InChI=1S/C12H17NO3/c1-9(2)16-12-7-5-4-6-11(12)15-8-10(3)13-14/h4-7,9,14H,8H2,1-3H3. The van der Waals surface area contributed by atoms with Gasteiger partial charge in [-0.15, -0.1) is 0 Å². The van der Waals surface area contributed by atoms with Crippen LogP contribution in [0.1, 0.15) is 20.8 Å². The number of hydrogen-bond donors (Lipinski definition) is 1. The van der Waals surface area contributed by atoms with Crippen LogP contribution >= 0.6 is 0 Å². The molecule has 0 bridgehead atoms. The maximum Gasteiger partial charge on any atom is 0.161 e. The summed E-state index contributed by atoms with van der Waals surface area (Å²) in [7, 11) is 0. The van der Waals surface area contributed by atoms with Gasteiger partial charge in [-0.05, 0) is 32.9 Å². The summed E-state index contributed by atoms with van der Waals surface area (Å²) >= 11 is 0. The minimum absolute atomic E-state index is 0.0948. The van der Waals surface area contributed by atoms with Gasteiger partial charge in [-0.1, -0.05) is 17.3 Å². The van der Waals surface area contributed by atoms with Gasteiger partial charge in [0, 0.05) is 0 Å². The van der Waals surface area contributed by atoms with Gasteiger partial charge in [-0.25, -0.2) is 0 Å². The van der Waals surface area contributed by atoms with E-state index in [2.05, 4.69) is 5.16 Å². The van der Waals surface area contributed by atoms with E-state index in [-0.39, 0.29) is 12.7 Å². The molecule has 88 valence electrons. The van der Waals surface area contributed by atoms with Gasteiger partial charge < -0.3 is 14.7 Å². The number of benzene rings is 1. The van der Waals surface area contributed by atoms with E-state index in [4.69, 9.17) is 14.7 Å². The first-order valence-corrected chi connectivity index (χ1v) is 5.19. The molecule has 1 N–H and O–H groups in total. The molecule has 0 aliphatic rings. The molecule has 0 aliphatic heterocycles. The van der Waals surface area contributed by atoms with Gasteiger partial charge >= 0.3 is 0 Å². The number of hydrogen-bond acceptors (Lipinski definition) is 4. The first-order valence-electron chi connectivity index (χ1n) is 5.19. The molecular weight excluding hydrogens is 206 g/mol. The Hall–Kier alpha value is -1.71. The second kappa shape index (κ2) is 6.00. The summed E-state index contributed by atoms with van der Waals surface area (Å²) in [5.41, 5.74) is 0.513. The van der Waals surface area contributed by atoms with Crippen molar-refractivity contribution in [2.24, 2.45) is 5.16 Å². The molecule has 1 aromatic rings. The van der Waals surface area contributed by atoms with Crippen LogP contribution in [0.2, 0.25) is 0 Å². The van der Waals surface area contributed by atoms with E-state index < -0.39 is 0 Å². The molecule has 0 unspecified atom stereocenters. The van der Waals surface area contributed by atoms with Crippen LogP contribution < -0.4 is 9.47 Å². The Morgan fingerprint density at radius 2 is 1.94 bits per heavy atom. The molecule has 0 amide bonds. The highest BCUT2D eigenvalue weighted by molar-refractivity contribution is 5.82. The minimum atomic E-state index is 0.0948. The molecule has 0 fully saturated rings. The van der Waals surface area contributed by atoms with Crippen LogP contribution in [-0.2, 0) is 0 Å². The average Bonchev–Trinajstić information content (AvgIpc) is 2.26. The van der Waals surface area contributed by atoms with Crippen molar-refractivity contribution in [3.05, 3.63) is 24.3 Å². The molecule has 1 rings (SSSR count). The van der Waals surface area contributed by atoms with Crippen molar-refractivity contribution in [1.82, 2.24) is 0 Å². The number of ether oxygens (including phenoxy) is 2. The highest BCUT2D eigenvalue weighted by Crippen LogP contribution is 2.27. The van der Waals surface area contributed by atoms with Crippen LogP contribution in [0.15, 0.2) is 29.4 Å². The third-order valence-electron chi connectivity index (χ3n) is 1.82. The smallest absolute Gasteiger partial charge is 0.161 e. The monoisotopic (exact) mass is 223 g/mol. The summed E-state index contributed by atoms with van der Waals surface area (Å²) in [6, 6.07) is 7.43. The Kier molecular flexibility index (Phi) is 4.64. The lowest BCUT2D eigenvalue weighted by molar-refractivity contribution is 0.226. The molecule has 0 saturated heterocycles. The predicted octanol–water partition coefficient (Wildman–Crippen LogP) is 2.70. The molecule has 4 heteroatoms. The van der Waals surface area contributed by atoms with Gasteiger partial charge in [0.25, 0.3) is 0 Å². The minimum Gasteiger partial charge on any atom is -0.487 e. The van der Waals surface area contributed by atoms with Gasteiger partial charge in [-0.2, -0.15) is 0 Å². The van der Waals surface area contributed by atoms with Crippen molar-refractivity contribution >= 4 is 5.71 Å². The summed E-state index contributed by atoms with van der Waals surface area (Å²) in [6.45, 7) is 5.84. The molecular formula is C12H17NO3. The Balaban J connectivity index is 2.71. The van der Waals surface area contributed by atoms with Crippen molar-refractivity contribution in [2.75, 3.05) is 6.61 Å². The van der Waals surface area contributed by atoms with Gasteiger partial charge in [0.1, 0.15) is 6.61 Å². The fraction of sp³-hybridized carbons (Fsp3) is 0.417. The molecule has 0 radical (unpaired) electrons. The molecule has 0 aliphatic carbocycles. The molecule has 0 heterocycles. The SMILES string of the molecule is CC(COc1ccccc1OC(C)C)=NO. The largest absolute Gasteiger partial charge is 0.487 e. The summed E-state index contributed by atoms with van der Waals surface area (Å²) in [4.78, 5) is 0. The Morgan fingerprint density at radius 1 is 1.31 bits per heavy atom. The topological polar surface area (TPSA) is 51.0 Å². The zero-order valence-corrected chi connectivity index (χ0v) is 9.80. The third kappa shape index (κ3) is 3.81. The second-order valence-electron chi connectivity index (χ2n) is 3.74. The summed E-state index contributed by atoms with van der Waals surface area (Å²) < 4.78 is 11.1. The quantitative estimate of drug-likeness (QED) is 0.474. The van der Waals surface area contributed by atoms with Crippen LogP contribution in [0.5, 0.6) is 11.5 Å². The molecule has 1 aromatic carbocycles. The number of oxime groups is 1. The molecule has 4 nitrogen and oxygen atoms in total. The van der Waals surface area contributed by atoms with E-state index in [1.54, 1.807) is 6.92 Å². The first-order chi connectivity index (χ1) is 7.63. The lowest BCUT2D eigenvalue weighted by Gasteiger charge is -2.14. The van der Waals surface area contributed by atoms with Crippen molar-refractivity contribution in [2.45, 2.75) is 26.9 Å². The van der Waals surface area contributed by atoms with Crippen LogP contribution in [0.4, 0.5) is 0 Å². The fourth-order valence-electron chi connectivity index (χ4n) is 1.13. The van der Waals surface area contributed by atoms with E-state index in [1.165, 1.54) is 0 Å².